The molecule has 2 heterocycles. The topological polar surface area (TPSA) is 84.1 Å². The van der Waals surface area contributed by atoms with Gasteiger partial charge in [-0.1, -0.05) is 0 Å². The Labute approximate surface area is 158 Å². The molecule has 2 aromatic heterocycles. The van der Waals surface area contributed by atoms with Crippen LogP contribution in [0.3, 0.4) is 0 Å². The summed E-state index contributed by atoms with van der Waals surface area (Å²) in [5.74, 6) is -0.498. The van der Waals surface area contributed by atoms with Crippen molar-refractivity contribution in [1.82, 2.24) is 19.7 Å². The van der Waals surface area contributed by atoms with Gasteiger partial charge in [-0.05, 0) is 50.3 Å². The number of aromatic hydroxyl groups is 1. The zero-order valence-corrected chi connectivity index (χ0v) is 15.1. The van der Waals surface area contributed by atoms with Gasteiger partial charge in [-0.3, -0.25) is 4.68 Å². The molecule has 1 aliphatic rings. The Bertz CT molecular complexity index is 1000. The number of phenolic OH excluding ortho intramolecular Hbond substituents is 1. The van der Waals surface area contributed by atoms with Gasteiger partial charge in [-0.2, -0.15) is 18.3 Å². The van der Waals surface area contributed by atoms with Crippen LogP contribution >= 0.6 is 0 Å². The third-order valence-corrected chi connectivity index (χ3v) is 5.18. The highest BCUT2D eigenvalue weighted by molar-refractivity contribution is 5.77. The summed E-state index contributed by atoms with van der Waals surface area (Å²) in [7, 11) is 0. The number of alkyl halides is 3. The van der Waals surface area contributed by atoms with E-state index >= 15 is 0 Å². The fourth-order valence-electron chi connectivity index (χ4n) is 3.71. The molecule has 0 aliphatic heterocycles. The average Bonchev–Trinajstić information content (AvgIpc) is 3.04. The number of aliphatic hydroxyl groups is 1. The van der Waals surface area contributed by atoms with Crippen molar-refractivity contribution in [1.29, 1.82) is 0 Å². The Balaban J connectivity index is 1.70. The lowest BCUT2D eigenvalue weighted by Gasteiger charge is -2.25. The molecule has 3 aromatic rings. The molecule has 6 nitrogen and oxygen atoms in total. The molecule has 4 rings (SSSR count). The van der Waals surface area contributed by atoms with E-state index in [0.717, 1.165) is 18.9 Å². The lowest BCUT2D eigenvalue weighted by atomic mass is 9.93. The van der Waals surface area contributed by atoms with Crippen LogP contribution in [-0.2, 0) is 6.18 Å². The fraction of sp³-hybridized carbons (Fsp3) is 0.421. The van der Waals surface area contributed by atoms with Crippen molar-refractivity contribution in [2.24, 2.45) is 0 Å². The summed E-state index contributed by atoms with van der Waals surface area (Å²) in [6, 6.07) is 1.83. The molecule has 0 radical (unpaired) electrons. The molecule has 1 saturated carbocycles. The predicted octanol–water partition coefficient (Wildman–Crippen LogP) is 4.00. The van der Waals surface area contributed by atoms with Gasteiger partial charge in [0.05, 0.1) is 35.8 Å². The van der Waals surface area contributed by atoms with Crippen molar-refractivity contribution >= 4 is 11.2 Å². The van der Waals surface area contributed by atoms with Gasteiger partial charge in [-0.15, -0.1) is 0 Å². The summed E-state index contributed by atoms with van der Waals surface area (Å²) in [5.41, 5.74) is 0.741. The molecule has 1 fully saturated rings. The lowest BCUT2D eigenvalue weighted by molar-refractivity contribution is -0.137. The highest BCUT2D eigenvalue weighted by Crippen LogP contribution is 2.38. The number of hydrogen-bond acceptors (Lipinski definition) is 5. The first-order valence-electron chi connectivity index (χ1n) is 9.03. The normalized spacial score (nSPS) is 20.6. The lowest BCUT2D eigenvalue weighted by Crippen LogP contribution is -2.21. The highest BCUT2D eigenvalue weighted by Gasteiger charge is 2.32. The molecule has 0 amide bonds. The third-order valence-electron chi connectivity index (χ3n) is 5.18. The molecule has 1 aromatic carbocycles. The Morgan fingerprint density at radius 2 is 1.86 bits per heavy atom. The van der Waals surface area contributed by atoms with E-state index in [2.05, 4.69) is 15.1 Å². The molecular weight excluding hydrogens is 373 g/mol. The van der Waals surface area contributed by atoms with E-state index in [0.29, 0.717) is 30.1 Å². The molecular formula is C19H19F3N4O2. The Morgan fingerprint density at radius 3 is 2.50 bits per heavy atom. The van der Waals surface area contributed by atoms with E-state index < -0.39 is 17.5 Å². The maximum Gasteiger partial charge on any atom is 0.416 e. The van der Waals surface area contributed by atoms with Crippen LogP contribution in [0.2, 0.25) is 0 Å². The van der Waals surface area contributed by atoms with Gasteiger partial charge in [0.1, 0.15) is 11.3 Å². The number of halogens is 3. The maximum absolute atomic E-state index is 12.9. The first-order valence-corrected chi connectivity index (χ1v) is 9.03. The Kier molecular flexibility index (Phi) is 4.49. The summed E-state index contributed by atoms with van der Waals surface area (Å²) in [6.45, 7) is 1.49. The summed E-state index contributed by atoms with van der Waals surface area (Å²) in [6.07, 6.45) is 1.44. The minimum absolute atomic E-state index is 0.157. The number of aromatic nitrogens is 4. The van der Waals surface area contributed by atoms with E-state index in [1.165, 1.54) is 13.1 Å². The summed E-state index contributed by atoms with van der Waals surface area (Å²) in [4.78, 5) is 8.72. The second-order valence-electron chi connectivity index (χ2n) is 7.22. The summed E-state index contributed by atoms with van der Waals surface area (Å²) >= 11 is 0. The summed E-state index contributed by atoms with van der Waals surface area (Å²) in [5, 5.41) is 24.3. The largest absolute Gasteiger partial charge is 0.507 e. The average molecular weight is 392 g/mol. The van der Waals surface area contributed by atoms with Crippen molar-refractivity contribution in [3.05, 3.63) is 35.7 Å². The van der Waals surface area contributed by atoms with Gasteiger partial charge in [0, 0.05) is 5.56 Å². The van der Waals surface area contributed by atoms with Crippen LogP contribution in [0.5, 0.6) is 5.75 Å². The molecule has 1 aliphatic carbocycles. The standard InChI is InChI=1S/C19H19F3N4O2/c1-10-6-11(19(20,21)22)7-16(28)17(10)14-8-23-15-9-26(25-18(15)24-14)12-2-4-13(27)5-3-12/h6-9,12-13,27-28H,2-5H2,1H3. The minimum atomic E-state index is -4.54. The molecule has 148 valence electrons. The van der Waals surface area contributed by atoms with E-state index in [-0.39, 0.29) is 29.0 Å². The van der Waals surface area contributed by atoms with Crippen LogP contribution in [0.15, 0.2) is 24.5 Å². The van der Waals surface area contributed by atoms with Gasteiger partial charge < -0.3 is 10.2 Å². The molecule has 0 saturated heterocycles. The quantitative estimate of drug-likeness (QED) is 0.689. The maximum atomic E-state index is 12.9. The van der Waals surface area contributed by atoms with Crippen LogP contribution < -0.4 is 0 Å². The van der Waals surface area contributed by atoms with Gasteiger partial charge in [0.2, 0.25) is 0 Å². The Hall–Kier alpha value is -2.68. The summed E-state index contributed by atoms with van der Waals surface area (Å²) < 4.78 is 40.6. The van der Waals surface area contributed by atoms with Crippen LogP contribution in [0.1, 0.15) is 42.9 Å². The first kappa shape index (κ1) is 18.7. The molecule has 28 heavy (non-hydrogen) atoms. The predicted molar refractivity (Wildman–Crippen MR) is 95.7 cm³/mol. The van der Waals surface area contributed by atoms with E-state index in [4.69, 9.17) is 0 Å². The number of benzene rings is 1. The number of aliphatic hydroxyl groups excluding tert-OH is 1. The number of fused-ring (bicyclic) bond motifs is 1. The van der Waals surface area contributed by atoms with Crippen LogP contribution in [0.4, 0.5) is 13.2 Å². The number of nitrogens with zero attached hydrogens (tertiary/aromatic N) is 4. The van der Waals surface area contributed by atoms with Crippen molar-refractivity contribution in [3.8, 4) is 17.0 Å². The van der Waals surface area contributed by atoms with E-state index in [1.54, 1.807) is 10.9 Å². The molecule has 0 atom stereocenters. The van der Waals surface area contributed by atoms with Gasteiger partial charge in [-0.25, -0.2) is 9.97 Å². The zero-order valence-electron chi connectivity index (χ0n) is 15.1. The minimum Gasteiger partial charge on any atom is -0.507 e. The van der Waals surface area contributed by atoms with Crippen LogP contribution in [0, 0.1) is 6.92 Å². The highest BCUT2D eigenvalue weighted by atomic mass is 19.4. The second-order valence-corrected chi connectivity index (χ2v) is 7.22. The van der Waals surface area contributed by atoms with Crippen molar-refractivity contribution < 1.29 is 23.4 Å². The second kappa shape index (κ2) is 6.73. The first-order chi connectivity index (χ1) is 13.2. The van der Waals surface area contributed by atoms with Crippen LogP contribution in [-0.4, -0.2) is 36.1 Å². The molecule has 9 heteroatoms. The monoisotopic (exact) mass is 392 g/mol. The van der Waals surface area contributed by atoms with Crippen LogP contribution in [0.25, 0.3) is 22.4 Å². The van der Waals surface area contributed by atoms with Gasteiger partial charge in [0.25, 0.3) is 0 Å². The number of hydrogen-bond donors (Lipinski definition) is 2. The van der Waals surface area contributed by atoms with E-state index in [1.807, 2.05) is 0 Å². The van der Waals surface area contributed by atoms with Crippen molar-refractivity contribution in [2.45, 2.75) is 50.9 Å². The number of aryl methyl sites for hydroxylation is 1. The molecule has 0 spiro atoms. The van der Waals surface area contributed by atoms with Gasteiger partial charge in [0.15, 0.2) is 5.65 Å². The fourth-order valence-corrected chi connectivity index (χ4v) is 3.71. The third kappa shape index (κ3) is 3.42. The van der Waals surface area contributed by atoms with Crippen molar-refractivity contribution in [3.63, 3.8) is 0 Å². The smallest absolute Gasteiger partial charge is 0.416 e. The Morgan fingerprint density at radius 1 is 1.14 bits per heavy atom. The number of phenols is 1. The molecule has 0 unspecified atom stereocenters. The van der Waals surface area contributed by atoms with Gasteiger partial charge >= 0.3 is 6.18 Å². The van der Waals surface area contributed by atoms with Crippen molar-refractivity contribution in [2.75, 3.05) is 0 Å². The molecule has 2 N–H and O–H groups in total. The SMILES string of the molecule is Cc1cc(C(F)(F)F)cc(O)c1-c1cnc2cn(C3CCC(O)CC3)nc2n1. The van der Waals surface area contributed by atoms with E-state index in [9.17, 15) is 23.4 Å². The zero-order chi connectivity index (χ0) is 20.1. The molecule has 0 bridgehead atoms. The number of rotatable bonds is 2.